The molecule has 0 aromatic heterocycles. The molecule has 4 heterocycles. The zero-order valence-electron chi connectivity index (χ0n) is 12.7. The molecule has 2 atom stereocenters. The van der Waals surface area contributed by atoms with Crippen LogP contribution in [0.25, 0.3) is 0 Å². The predicted molar refractivity (Wildman–Crippen MR) is 94.8 cm³/mol. The van der Waals surface area contributed by atoms with E-state index in [9.17, 15) is 10.2 Å². The van der Waals surface area contributed by atoms with Gasteiger partial charge in [-0.3, -0.25) is 0 Å². The maximum absolute atomic E-state index is 11.0. The molecule has 2 unspecified atom stereocenters. The zero-order chi connectivity index (χ0) is 15.4. The minimum absolute atomic E-state index is 0.571. The van der Waals surface area contributed by atoms with Gasteiger partial charge in [0.2, 0.25) is 0 Å². The minimum Gasteiger partial charge on any atom is -0.375 e. The summed E-state index contributed by atoms with van der Waals surface area (Å²) in [4.78, 5) is 0.457. The van der Waals surface area contributed by atoms with Crippen molar-refractivity contribution in [2.75, 3.05) is 0 Å². The summed E-state index contributed by atoms with van der Waals surface area (Å²) in [6, 6.07) is 0. The molecule has 0 saturated carbocycles. The summed E-state index contributed by atoms with van der Waals surface area (Å²) in [6.45, 7) is 8.25. The van der Waals surface area contributed by atoms with Gasteiger partial charge >= 0.3 is 0 Å². The second kappa shape index (κ2) is 5.24. The number of hydrogen-bond donors (Lipinski definition) is 2. The lowest BCUT2D eigenvalue weighted by molar-refractivity contribution is 0.153. The highest BCUT2D eigenvalue weighted by atomic mass is 33.1. The number of hydrogen-bond acceptors (Lipinski definition) is 5. The third-order valence-electron chi connectivity index (χ3n) is 3.97. The van der Waals surface area contributed by atoms with Gasteiger partial charge in [-0.2, -0.15) is 0 Å². The van der Waals surface area contributed by atoms with E-state index in [1.165, 1.54) is 32.7 Å². The Kier molecular flexibility index (Phi) is 3.94. The van der Waals surface area contributed by atoms with Crippen LogP contribution >= 0.6 is 33.3 Å². The van der Waals surface area contributed by atoms with Crippen molar-refractivity contribution in [1.29, 1.82) is 0 Å². The smallest absolute Gasteiger partial charge is 0.136 e. The maximum Gasteiger partial charge on any atom is 0.136 e. The van der Waals surface area contributed by atoms with Gasteiger partial charge in [-0.15, -0.1) is 0 Å². The van der Waals surface area contributed by atoms with Crippen molar-refractivity contribution in [3.63, 3.8) is 0 Å². The SMILES string of the molecule is CC1=CC2(O)CC(C)=C1SSC1=C(C)CC(O)(C=C1C)S2. The molecule has 6 aliphatic rings. The largest absolute Gasteiger partial charge is 0.375 e. The molecule has 2 N–H and O–H groups in total. The Morgan fingerprint density at radius 1 is 0.810 bits per heavy atom. The summed E-state index contributed by atoms with van der Waals surface area (Å²) < 4.78 is 0. The van der Waals surface area contributed by atoms with E-state index < -0.39 is 9.87 Å². The molecule has 0 fully saturated rings. The zero-order valence-corrected chi connectivity index (χ0v) is 15.1. The maximum atomic E-state index is 11.0. The van der Waals surface area contributed by atoms with Crippen molar-refractivity contribution in [1.82, 2.24) is 0 Å². The Labute approximate surface area is 138 Å². The van der Waals surface area contributed by atoms with Crippen LogP contribution in [-0.4, -0.2) is 20.1 Å². The highest BCUT2D eigenvalue weighted by Crippen LogP contribution is 2.56. The Bertz CT molecular complexity index is 575. The van der Waals surface area contributed by atoms with Crippen molar-refractivity contribution in [2.24, 2.45) is 0 Å². The molecule has 4 aliphatic heterocycles. The summed E-state index contributed by atoms with van der Waals surface area (Å²) in [7, 11) is 3.55. The van der Waals surface area contributed by atoms with Crippen molar-refractivity contribution in [3.05, 3.63) is 44.3 Å². The number of thioether (sulfide) groups is 1. The number of aliphatic hydroxyl groups is 2. The van der Waals surface area contributed by atoms with Crippen LogP contribution in [0.3, 0.4) is 0 Å². The fourth-order valence-electron chi connectivity index (χ4n) is 3.30. The monoisotopic (exact) mass is 340 g/mol. The van der Waals surface area contributed by atoms with Crippen LogP contribution in [0.15, 0.2) is 44.3 Å². The van der Waals surface area contributed by atoms with E-state index in [0.717, 1.165) is 11.1 Å². The second-order valence-electron chi connectivity index (χ2n) is 6.19. The lowest BCUT2D eigenvalue weighted by Gasteiger charge is -2.38. The quantitative estimate of drug-likeness (QED) is 0.623. The predicted octanol–water partition coefficient (Wildman–Crippen LogP) is 4.74. The molecular formula is C16H20O2S3. The normalized spacial score (nSPS) is 36.7. The van der Waals surface area contributed by atoms with Crippen molar-refractivity contribution in [3.8, 4) is 0 Å². The van der Waals surface area contributed by atoms with Crippen LogP contribution in [0.5, 0.6) is 0 Å². The fourth-order valence-corrected chi connectivity index (χ4v) is 8.08. The van der Waals surface area contributed by atoms with E-state index in [0.29, 0.717) is 12.8 Å². The number of allylic oxidation sites excluding steroid dienone is 2. The highest BCUT2D eigenvalue weighted by molar-refractivity contribution is 8.79. The van der Waals surface area contributed by atoms with Gasteiger partial charge in [-0.05, 0) is 51.0 Å². The van der Waals surface area contributed by atoms with Crippen LogP contribution in [0, 0.1) is 0 Å². The van der Waals surface area contributed by atoms with Gasteiger partial charge in [0.1, 0.15) is 9.87 Å². The molecule has 2 aliphatic carbocycles. The van der Waals surface area contributed by atoms with E-state index in [2.05, 4.69) is 13.8 Å². The van der Waals surface area contributed by atoms with Gasteiger partial charge < -0.3 is 10.2 Å². The van der Waals surface area contributed by atoms with Crippen LogP contribution in [0.4, 0.5) is 0 Å². The molecular weight excluding hydrogens is 320 g/mol. The van der Waals surface area contributed by atoms with E-state index in [4.69, 9.17) is 0 Å². The molecule has 0 aromatic carbocycles. The van der Waals surface area contributed by atoms with Gasteiger partial charge in [0.15, 0.2) is 0 Å². The summed E-state index contributed by atoms with van der Waals surface area (Å²) >= 11 is 1.26. The molecule has 0 aromatic rings. The Balaban J connectivity index is 2.13. The summed E-state index contributed by atoms with van der Waals surface area (Å²) in [5.74, 6) is 0. The molecule has 2 nitrogen and oxygen atoms in total. The van der Waals surface area contributed by atoms with Crippen LogP contribution in [0.1, 0.15) is 40.5 Å². The molecule has 114 valence electrons. The van der Waals surface area contributed by atoms with Gasteiger partial charge in [-0.1, -0.05) is 44.5 Å². The number of rotatable bonds is 0. The molecule has 6 rings (SSSR count). The molecule has 21 heavy (non-hydrogen) atoms. The van der Waals surface area contributed by atoms with E-state index in [1.54, 1.807) is 21.6 Å². The van der Waals surface area contributed by atoms with Crippen molar-refractivity contribution in [2.45, 2.75) is 50.4 Å². The van der Waals surface area contributed by atoms with Crippen molar-refractivity contribution < 1.29 is 10.2 Å². The van der Waals surface area contributed by atoms with Crippen molar-refractivity contribution >= 4 is 33.3 Å². The first-order valence-electron chi connectivity index (χ1n) is 7.00. The lowest BCUT2D eigenvalue weighted by atomic mass is 9.98. The Morgan fingerprint density at radius 2 is 1.19 bits per heavy atom. The standard InChI is InChI=1S/C16H20O2S3/c1-9-5-15(17)6-10(2)13(9)19-20-14-11(3)7-16(18,21-15)8-12(14)4/h5,7,17-18H,6,8H2,1-4H3. The first kappa shape index (κ1) is 15.8. The first-order valence-corrected chi connectivity index (χ1v) is 9.97. The summed E-state index contributed by atoms with van der Waals surface area (Å²) in [5, 5.41) is 21.9. The first-order chi connectivity index (χ1) is 9.71. The van der Waals surface area contributed by atoms with Gasteiger partial charge in [0.05, 0.1) is 0 Å². The Morgan fingerprint density at radius 3 is 1.52 bits per heavy atom. The molecule has 0 saturated heterocycles. The molecule has 0 amide bonds. The van der Waals surface area contributed by atoms with E-state index in [1.807, 2.05) is 26.0 Å². The van der Waals surface area contributed by atoms with Gasteiger partial charge in [0.25, 0.3) is 0 Å². The summed E-state index contributed by atoms with van der Waals surface area (Å²) in [5.41, 5.74) is 4.60. The molecule has 0 spiro atoms. The van der Waals surface area contributed by atoms with Crippen LogP contribution in [-0.2, 0) is 0 Å². The topological polar surface area (TPSA) is 40.5 Å². The van der Waals surface area contributed by atoms with Crippen LogP contribution < -0.4 is 0 Å². The second-order valence-corrected chi connectivity index (χ2v) is 9.95. The average Bonchev–Trinajstić information content (AvgIpc) is 2.31. The Hall–Kier alpha value is -0.0700. The van der Waals surface area contributed by atoms with E-state index >= 15 is 0 Å². The van der Waals surface area contributed by atoms with Gasteiger partial charge in [-0.25, -0.2) is 0 Å². The van der Waals surface area contributed by atoms with E-state index in [-0.39, 0.29) is 0 Å². The fraction of sp³-hybridized carbons (Fsp3) is 0.500. The lowest BCUT2D eigenvalue weighted by Crippen LogP contribution is -2.35. The highest BCUT2D eigenvalue weighted by Gasteiger charge is 2.42. The van der Waals surface area contributed by atoms with Crippen LogP contribution in [0.2, 0.25) is 0 Å². The minimum atomic E-state index is -1.03. The molecule has 5 heteroatoms. The van der Waals surface area contributed by atoms with Gasteiger partial charge in [0, 0.05) is 22.7 Å². The summed E-state index contributed by atoms with van der Waals surface area (Å²) in [6.07, 6.45) is 4.96. The average molecular weight is 341 g/mol. The molecule has 4 bridgehead atoms. The third kappa shape index (κ3) is 2.91. The molecule has 0 radical (unpaired) electrons. The third-order valence-corrected chi connectivity index (χ3v) is 8.21.